The summed E-state index contributed by atoms with van der Waals surface area (Å²) in [6, 6.07) is 4.24. The third-order valence-electron chi connectivity index (χ3n) is 3.72. The number of fused-ring (bicyclic) bond motifs is 1. The second-order valence-electron chi connectivity index (χ2n) is 5.86. The molecule has 1 N–H and O–H groups in total. The first kappa shape index (κ1) is 12.8. The molecule has 0 aliphatic carbocycles. The van der Waals surface area contributed by atoms with E-state index in [4.69, 9.17) is 9.47 Å². The van der Waals surface area contributed by atoms with Gasteiger partial charge in [-0.1, -0.05) is 0 Å². The Balaban J connectivity index is 1.79. The molecule has 0 amide bonds. The van der Waals surface area contributed by atoms with E-state index in [2.05, 4.69) is 29.3 Å². The summed E-state index contributed by atoms with van der Waals surface area (Å²) in [6.45, 7) is 11.4. The van der Waals surface area contributed by atoms with E-state index < -0.39 is 5.79 Å². The van der Waals surface area contributed by atoms with Crippen LogP contribution in [0.1, 0.15) is 25.0 Å². The summed E-state index contributed by atoms with van der Waals surface area (Å²) in [5.74, 6) is 1.20. The first-order valence-corrected chi connectivity index (χ1v) is 6.98. The number of nitrogens with zero attached hydrogens (tertiary/aromatic N) is 1. The van der Waals surface area contributed by atoms with Gasteiger partial charge in [-0.15, -0.1) is 0 Å². The fourth-order valence-corrected chi connectivity index (χ4v) is 2.69. The summed E-state index contributed by atoms with van der Waals surface area (Å²) in [4.78, 5) is 2.48. The maximum absolute atomic E-state index is 5.83. The summed E-state index contributed by atoms with van der Waals surface area (Å²) in [5, 5.41) is 3.38. The highest BCUT2D eigenvalue weighted by Crippen LogP contribution is 2.41. The zero-order valence-electron chi connectivity index (χ0n) is 12.0. The van der Waals surface area contributed by atoms with E-state index in [-0.39, 0.29) is 0 Å². The van der Waals surface area contributed by atoms with Crippen molar-refractivity contribution >= 4 is 0 Å². The minimum absolute atomic E-state index is 0.539. The Hall–Kier alpha value is -1.26. The predicted octanol–water partition coefficient (Wildman–Crippen LogP) is 1.91. The highest BCUT2D eigenvalue weighted by atomic mass is 16.7. The van der Waals surface area contributed by atoms with Gasteiger partial charge in [-0.2, -0.15) is 0 Å². The molecular formula is C15H22N2O2. The van der Waals surface area contributed by atoms with Crippen molar-refractivity contribution in [3.05, 3.63) is 23.3 Å². The fourth-order valence-electron chi connectivity index (χ4n) is 2.69. The van der Waals surface area contributed by atoms with Gasteiger partial charge in [-0.25, -0.2) is 0 Å². The van der Waals surface area contributed by atoms with Gasteiger partial charge < -0.3 is 14.8 Å². The summed E-state index contributed by atoms with van der Waals surface area (Å²) in [7, 11) is 0. The summed E-state index contributed by atoms with van der Waals surface area (Å²) < 4.78 is 11.6. The molecule has 0 aromatic heterocycles. The highest BCUT2D eigenvalue weighted by molar-refractivity contribution is 5.49. The van der Waals surface area contributed by atoms with Crippen LogP contribution in [0.15, 0.2) is 12.1 Å². The van der Waals surface area contributed by atoms with Crippen molar-refractivity contribution in [2.75, 3.05) is 26.2 Å². The topological polar surface area (TPSA) is 33.7 Å². The van der Waals surface area contributed by atoms with Crippen LogP contribution in [-0.2, 0) is 6.54 Å². The third kappa shape index (κ3) is 2.69. The number of rotatable bonds is 2. The Labute approximate surface area is 114 Å². The SMILES string of the molecule is Cc1cc2c(cc1CN1CCNCC1)OC(C)(C)O2. The van der Waals surface area contributed by atoms with E-state index in [9.17, 15) is 0 Å². The fraction of sp³-hybridized carbons (Fsp3) is 0.600. The molecule has 1 fully saturated rings. The van der Waals surface area contributed by atoms with E-state index in [1.165, 1.54) is 11.1 Å². The molecule has 4 heteroatoms. The number of aryl methyl sites for hydroxylation is 1. The molecule has 3 rings (SSSR count). The van der Waals surface area contributed by atoms with Gasteiger partial charge in [-0.05, 0) is 30.2 Å². The number of hydrogen-bond acceptors (Lipinski definition) is 4. The van der Waals surface area contributed by atoms with Crippen LogP contribution in [-0.4, -0.2) is 36.9 Å². The number of ether oxygens (including phenoxy) is 2. The van der Waals surface area contributed by atoms with Gasteiger partial charge in [0.05, 0.1) is 0 Å². The first-order chi connectivity index (χ1) is 9.03. The van der Waals surface area contributed by atoms with E-state index in [0.717, 1.165) is 44.2 Å². The quantitative estimate of drug-likeness (QED) is 0.882. The highest BCUT2D eigenvalue weighted by Gasteiger charge is 2.32. The molecular weight excluding hydrogens is 240 g/mol. The van der Waals surface area contributed by atoms with E-state index >= 15 is 0 Å². The smallest absolute Gasteiger partial charge is 0.246 e. The lowest BCUT2D eigenvalue weighted by Gasteiger charge is -2.27. The predicted molar refractivity (Wildman–Crippen MR) is 74.7 cm³/mol. The molecule has 2 heterocycles. The summed E-state index contributed by atoms with van der Waals surface area (Å²) in [6.07, 6.45) is 0. The Bertz CT molecular complexity index is 479. The molecule has 0 unspecified atom stereocenters. The molecule has 0 atom stereocenters. The van der Waals surface area contributed by atoms with Crippen LogP contribution in [0.4, 0.5) is 0 Å². The Morgan fingerprint density at radius 3 is 2.47 bits per heavy atom. The van der Waals surface area contributed by atoms with Crippen molar-refractivity contribution in [2.45, 2.75) is 33.1 Å². The maximum Gasteiger partial charge on any atom is 0.246 e. The van der Waals surface area contributed by atoms with E-state index in [1.807, 2.05) is 13.8 Å². The second kappa shape index (κ2) is 4.69. The molecule has 0 saturated carbocycles. The minimum atomic E-state index is -0.539. The standard InChI is InChI=1S/C15H22N2O2/c1-11-8-13-14(19-15(2,3)18-13)9-12(11)10-17-6-4-16-5-7-17/h8-9,16H,4-7,10H2,1-3H3. The molecule has 104 valence electrons. The van der Waals surface area contributed by atoms with Gasteiger partial charge in [0, 0.05) is 46.6 Å². The van der Waals surface area contributed by atoms with Gasteiger partial charge in [0.1, 0.15) is 0 Å². The van der Waals surface area contributed by atoms with Crippen LogP contribution in [0, 0.1) is 6.92 Å². The van der Waals surface area contributed by atoms with Crippen LogP contribution in [0.5, 0.6) is 11.5 Å². The zero-order chi connectivity index (χ0) is 13.5. The molecule has 0 radical (unpaired) electrons. The summed E-state index contributed by atoms with van der Waals surface area (Å²) in [5.41, 5.74) is 2.61. The number of nitrogens with one attached hydrogen (secondary N) is 1. The van der Waals surface area contributed by atoms with Crippen molar-refractivity contribution in [2.24, 2.45) is 0 Å². The second-order valence-corrected chi connectivity index (χ2v) is 5.86. The van der Waals surface area contributed by atoms with Gasteiger partial charge in [0.2, 0.25) is 5.79 Å². The lowest BCUT2D eigenvalue weighted by atomic mass is 10.1. The van der Waals surface area contributed by atoms with Crippen LogP contribution in [0.3, 0.4) is 0 Å². The number of hydrogen-bond donors (Lipinski definition) is 1. The van der Waals surface area contributed by atoms with Crippen molar-refractivity contribution in [3.63, 3.8) is 0 Å². The third-order valence-corrected chi connectivity index (χ3v) is 3.72. The van der Waals surface area contributed by atoms with Crippen molar-refractivity contribution in [3.8, 4) is 11.5 Å². The molecule has 0 bridgehead atoms. The molecule has 1 aromatic rings. The monoisotopic (exact) mass is 262 g/mol. The molecule has 1 aromatic carbocycles. The Morgan fingerprint density at radius 1 is 1.16 bits per heavy atom. The van der Waals surface area contributed by atoms with Crippen LogP contribution in [0.25, 0.3) is 0 Å². The van der Waals surface area contributed by atoms with E-state index in [0.29, 0.717) is 0 Å². The molecule has 1 saturated heterocycles. The van der Waals surface area contributed by atoms with Gasteiger partial charge >= 0.3 is 0 Å². The Morgan fingerprint density at radius 2 is 1.79 bits per heavy atom. The van der Waals surface area contributed by atoms with E-state index in [1.54, 1.807) is 0 Å². The number of benzene rings is 1. The largest absolute Gasteiger partial charge is 0.449 e. The molecule has 19 heavy (non-hydrogen) atoms. The normalized spacial score (nSPS) is 21.6. The van der Waals surface area contributed by atoms with Gasteiger partial charge in [0.25, 0.3) is 0 Å². The van der Waals surface area contributed by atoms with Crippen LogP contribution < -0.4 is 14.8 Å². The minimum Gasteiger partial charge on any atom is -0.449 e. The van der Waals surface area contributed by atoms with Crippen molar-refractivity contribution in [1.29, 1.82) is 0 Å². The first-order valence-electron chi connectivity index (χ1n) is 6.98. The van der Waals surface area contributed by atoms with Gasteiger partial charge in [0.15, 0.2) is 11.5 Å². The molecule has 2 aliphatic rings. The number of piperazine rings is 1. The van der Waals surface area contributed by atoms with Crippen LogP contribution in [0.2, 0.25) is 0 Å². The summed E-state index contributed by atoms with van der Waals surface area (Å²) >= 11 is 0. The Kier molecular flexibility index (Phi) is 3.15. The maximum atomic E-state index is 5.83. The zero-order valence-corrected chi connectivity index (χ0v) is 12.0. The molecule has 0 spiro atoms. The average molecular weight is 262 g/mol. The van der Waals surface area contributed by atoms with Crippen LogP contribution >= 0.6 is 0 Å². The lowest BCUT2D eigenvalue weighted by molar-refractivity contribution is -0.0431. The van der Waals surface area contributed by atoms with Gasteiger partial charge in [-0.3, -0.25) is 4.90 Å². The average Bonchev–Trinajstić information content (AvgIpc) is 2.64. The molecule has 2 aliphatic heterocycles. The van der Waals surface area contributed by atoms with Crippen molar-refractivity contribution < 1.29 is 9.47 Å². The lowest BCUT2D eigenvalue weighted by Crippen LogP contribution is -2.42. The molecule has 4 nitrogen and oxygen atoms in total. The van der Waals surface area contributed by atoms with Crippen molar-refractivity contribution in [1.82, 2.24) is 10.2 Å².